The second kappa shape index (κ2) is 9.89. The first-order valence-electron chi connectivity index (χ1n) is 11.3. The lowest BCUT2D eigenvalue weighted by atomic mass is 9.94. The maximum absolute atomic E-state index is 13.4. The lowest BCUT2D eigenvalue weighted by Gasteiger charge is -2.32. The maximum atomic E-state index is 13.4. The Labute approximate surface area is 196 Å². The van der Waals surface area contributed by atoms with Crippen molar-refractivity contribution in [3.8, 4) is 0 Å². The summed E-state index contributed by atoms with van der Waals surface area (Å²) in [6, 6.07) is 24.6. The Bertz CT molecular complexity index is 1210. The normalized spacial score (nSPS) is 17.9. The van der Waals surface area contributed by atoms with Crippen LogP contribution in [0.4, 0.5) is 0 Å². The molecule has 3 aromatic carbocycles. The van der Waals surface area contributed by atoms with Gasteiger partial charge in [-0.2, -0.15) is 4.31 Å². The number of benzene rings is 3. The van der Waals surface area contributed by atoms with Crippen LogP contribution in [-0.2, 0) is 14.8 Å². The van der Waals surface area contributed by atoms with E-state index >= 15 is 0 Å². The summed E-state index contributed by atoms with van der Waals surface area (Å²) in [5.74, 6) is -0.510. The molecular weight excluding hydrogens is 432 g/mol. The SMILES string of the molecule is Cc1ccc(S(=O)(=O)N2CCC[C@H](C(=O)N[C@@H](c3ccccc3)c3cccc(C)c3)C2)cc1. The molecule has 5 nitrogen and oxygen atoms in total. The minimum atomic E-state index is -3.63. The Morgan fingerprint density at radius 2 is 1.61 bits per heavy atom. The summed E-state index contributed by atoms with van der Waals surface area (Å²) >= 11 is 0. The number of hydrogen-bond acceptors (Lipinski definition) is 3. The van der Waals surface area contributed by atoms with Crippen molar-refractivity contribution in [2.75, 3.05) is 13.1 Å². The molecule has 172 valence electrons. The maximum Gasteiger partial charge on any atom is 0.243 e. The molecule has 1 amide bonds. The van der Waals surface area contributed by atoms with Crippen LogP contribution >= 0.6 is 0 Å². The van der Waals surface area contributed by atoms with Crippen molar-refractivity contribution in [2.24, 2.45) is 5.92 Å². The van der Waals surface area contributed by atoms with Crippen molar-refractivity contribution in [3.63, 3.8) is 0 Å². The average Bonchev–Trinajstić information content (AvgIpc) is 2.83. The van der Waals surface area contributed by atoms with Crippen molar-refractivity contribution in [3.05, 3.63) is 101 Å². The number of amides is 1. The van der Waals surface area contributed by atoms with E-state index in [2.05, 4.69) is 11.4 Å². The third-order valence-electron chi connectivity index (χ3n) is 6.21. The third kappa shape index (κ3) is 5.34. The zero-order valence-corrected chi connectivity index (χ0v) is 19.9. The van der Waals surface area contributed by atoms with Crippen molar-refractivity contribution >= 4 is 15.9 Å². The number of carbonyl (C=O) groups is 1. The van der Waals surface area contributed by atoms with E-state index < -0.39 is 15.9 Å². The van der Waals surface area contributed by atoms with Crippen molar-refractivity contribution in [1.82, 2.24) is 9.62 Å². The smallest absolute Gasteiger partial charge is 0.243 e. The first-order valence-corrected chi connectivity index (χ1v) is 12.8. The molecule has 4 rings (SSSR count). The Kier molecular flexibility index (Phi) is 6.96. The fraction of sp³-hybridized carbons (Fsp3) is 0.296. The molecule has 0 saturated carbocycles. The van der Waals surface area contributed by atoms with E-state index in [1.165, 1.54) is 4.31 Å². The predicted octanol–water partition coefficient (Wildman–Crippen LogP) is 4.61. The van der Waals surface area contributed by atoms with Gasteiger partial charge in [-0.05, 0) is 49.9 Å². The number of aryl methyl sites for hydroxylation is 2. The Balaban J connectivity index is 1.54. The van der Waals surface area contributed by atoms with Crippen LogP contribution in [-0.4, -0.2) is 31.7 Å². The van der Waals surface area contributed by atoms with Crippen LogP contribution in [0.2, 0.25) is 0 Å². The van der Waals surface area contributed by atoms with Gasteiger partial charge in [0.15, 0.2) is 0 Å². The van der Waals surface area contributed by atoms with E-state index in [-0.39, 0.29) is 23.4 Å². The van der Waals surface area contributed by atoms with Gasteiger partial charge in [-0.3, -0.25) is 4.79 Å². The van der Waals surface area contributed by atoms with Gasteiger partial charge in [0.2, 0.25) is 15.9 Å². The zero-order chi connectivity index (χ0) is 23.4. The van der Waals surface area contributed by atoms with Crippen molar-refractivity contribution in [1.29, 1.82) is 0 Å². The Morgan fingerprint density at radius 1 is 0.909 bits per heavy atom. The van der Waals surface area contributed by atoms with E-state index in [1.807, 2.05) is 62.4 Å². The monoisotopic (exact) mass is 462 g/mol. The van der Waals surface area contributed by atoms with Gasteiger partial charge in [-0.25, -0.2) is 8.42 Å². The van der Waals surface area contributed by atoms with Gasteiger partial charge in [0, 0.05) is 13.1 Å². The van der Waals surface area contributed by atoms with Crippen LogP contribution in [0, 0.1) is 19.8 Å². The highest BCUT2D eigenvalue weighted by molar-refractivity contribution is 7.89. The highest BCUT2D eigenvalue weighted by atomic mass is 32.2. The molecule has 6 heteroatoms. The Morgan fingerprint density at radius 3 is 2.30 bits per heavy atom. The number of nitrogens with zero attached hydrogens (tertiary/aromatic N) is 1. The molecule has 0 spiro atoms. The molecule has 1 heterocycles. The highest BCUT2D eigenvalue weighted by Gasteiger charge is 2.34. The van der Waals surface area contributed by atoms with Crippen molar-refractivity contribution < 1.29 is 13.2 Å². The molecule has 0 bridgehead atoms. The number of carbonyl (C=O) groups excluding carboxylic acids is 1. The minimum absolute atomic E-state index is 0.117. The van der Waals surface area contributed by atoms with Gasteiger partial charge in [-0.1, -0.05) is 77.9 Å². The number of sulfonamides is 1. The van der Waals surface area contributed by atoms with Crippen LogP contribution in [0.1, 0.15) is 41.1 Å². The largest absolute Gasteiger partial charge is 0.345 e. The Hall–Kier alpha value is -2.96. The van der Waals surface area contributed by atoms with Gasteiger partial charge in [0.05, 0.1) is 16.9 Å². The molecule has 1 aliphatic heterocycles. The predicted molar refractivity (Wildman–Crippen MR) is 130 cm³/mol. The number of hydrogen-bond donors (Lipinski definition) is 1. The third-order valence-corrected chi connectivity index (χ3v) is 8.09. The molecule has 0 aromatic heterocycles. The quantitative estimate of drug-likeness (QED) is 0.582. The molecule has 0 unspecified atom stereocenters. The number of nitrogens with one attached hydrogen (secondary N) is 1. The van der Waals surface area contributed by atoms with E-state index in [1.54, 1.807) is 24.3 Å². The number of piperidine rings is 1. The molecule has 33 heavy (non-hydrogen) atoms. The summed E-state index contributed by atoms with van der Waals surface area (Å²) in [6.07, 6.45) is 1.32. The van der Waals surface area contributed by atoms with Crippen LogP contribution in [0.25, 0.3) is 0 Å². The summed E-state index contributed by atoms with van der Waals surface area (Å²) in [7, 11) is -3.63. The van der Waals surface area contributed by atoms with Crippen LogP contribution in [0.3, 0.4) is 0 Å². The molecule has 1 saturated heterocycles. The van der Waals surface area contributed by atoms with Gasteiger partial charge < -0.3 is 5.32 Å². The van der Waals surface area contributed by atoms with Gasteiger partial charge >= 0.3 is 0 Å². The van der Waals surface area contributed by atoms with E-state index in [9.17, 15) is 13.2 Å². The van der Waals surface area contributed by atoms with Gasteiger partial charge in [-0.15, -0.1) is 0 Å². The fourth-order valence-electron chi connectivity index (χ4n) is 4.35. The topological polar surface area (TPSA) is 66.5 Å². The summed E-state index contributed by atoms with van der Waals surface area (Å²) in [6.45, 7) is 4.58. The average molecular weight is 463 g/mol. The van der Waals surface area contributed by atoms with Crippen LogP contribution < -0.4 is 5.32 Å². The zero-order valence-electron chi connectivity index (χ0n) is 19.1. The number of rotatable bonds is 6. The molecule has 3 aromatic rings. The van der Waals surface area contributed by atoms with Crippen LogP contribution in [0.5, 0.6) is 0 Å². The second-order valence-electron chi connectivity index (χ2n) is 8.78. The lowest BCUT2D eigenvalue weighted by Crippen LogP contribution is -2.46. The van der Waals surface area contributed by atoms with Crippen LogP contribution in [0.15, 0.2) is 83.8 Å². The molecule has 0 aliphatic carbocycles. The summed E-state index contributed by atoms with van der Waals surface area (Å²) < 4.78 is 27.8. The molecule has 1 fully saturated rings. The minimum Gasteiger partial charge on any atom is -0.345 e. The summed E-state index contributed by atoms with van der Waals surface area (Å²) in [5.41, 5.74) is 4.13. The van der Waals surface area contributed by atoms with Gasteiger partial charge in [0.1, 0.15) is 0 Å². The standard InChI is InChI=1S/C27H30N2O3S/c1-20-13-15-25(16-14-20)33(31,32)29-17-7-12-24(19-29)27(30)28-26(22-9-4-3-5-10-22)23-11-6-8-21(2)18-23/h3-6,8-11,13-16,18,24,26H,7,12,17,19H2,1-2H3,(H,28,30)/t24-,26-/m0/s1. The van der Waals surface area contributed by atoms with E-state index in [4.69, 9.17) is 0 Å². The van der Waals surface area contributed by atoms with E-state index in [0.717, 1.165) is 22.3 Å². The molecule has 2 atom stereocenters. The first-order chi connectivity index (χ1) is 15.8. The summed E-state index contributed by atoms with van der Waals surface area (Å²) in [5, 5.41) is 3.21. The summed E-state index contributed by atoms with van der Waals surface area (Å²) in [4.78, 5) is 13.6. The lowest BCUT2D eigenvalue weighted by molar-refractivity contribution is -0.126. The first kappa shape index (κ1) is 23.2. The molecular formula is C27H30N2O3S. The van der Waals surface area contributed by atoms with Gasteiger partial charge in [0.25, 0.3) is 0 Å². The molecule has 1 N–H and O–H groups in total. The van der Waals surface area contributed by atoms with Crippen molar-refractivity contribution in [2.45, 2.75) is 37.6 Å². The molecule has 0 radical (unpaired) electrons. The van der Waals surface area contributed by atoms with E-state index in [0.29, 0.717) is 19.4 Å². The second-order valence-corrected chi connectivity index (χ2v) is 10.7. The highest BCUT2D eigenvalue weighted by Crippen LogP contribution is 2.27. The fourth-order valence-corrected chi connectivity index (χ4v) is 5.87. The molecule has 1 aliphatic rings.